The summed E-state index contributed by atoms with van der Waals surface area (Å²) in [5, 5.41) is 22.5. The number of rotatable bonds is 6. The maximum Gasteiger partial charge on any atom is 0.433 e. The molecule has 0 fully saturated rings. The number of anilines is 1. The highest BCUT2D eigenvalue weighted by atomic mass is 19.4. The molecule has 0 bridgehead atoms. The summed E-state index contributed by atoms with van der Waals surface area (Å²) < 4.78 is 37.9. The second-order valence-corrected chi connectivity index (χ2v) is 4.85. The Morgan fingerprint density at radius 2 is 2.10 bits per heavy atom. The van der Waals surface area contributed by atoms with Crippen molar-refractivity contribution in [3.8, 4) is 0 Å². The number of halogens is 3. The van der Waals surface area contributed by atoms with E-state index >= 15 is 0 Å². The Bertz CT molecular complexity index is 506. The molecule has 0 aromatic carbocycles. The molecule has 1 heterocycles. The Balaban J connectivity index is 3.20. The van der Waals surface area contributed by atoms with Crippen LogP contribution in [0.2, 0.25) is 0 Å². The van der Waals surface area contributed by atoms with E-state index in [1.165, 1.54) is 0 Å². The lowest BCUT2D eigenvalue weighted by Crippen LogP contribution is -2.27. The number of aliphatic hydroxyl groups is 1. The van der Waals surface area contributed by atoms with Gasteiger partial charge in [-0.05, 0) is 18.4 Å². The zero-order chi connectivity index (χ0) is 16.2. The van der Waals surface area contributed by atoms with Crippen LogP contribution in [0.4, 0.5) is 24.5 Å². The van der Waals surface area contributed by atoms with Crippen LogP contribution in [0.5, 0.6) is 0 Å². The number of nitrogens with one attached hydrogen (secondary N) is 1. The lowest BCUT2D eigenvalue weighted by Gasteiger charge is -2.23. The first-order chi connectivity index (χ1) is 9.66. The van der Waals surface area contributed by atoms with E-state index in [1.807, 2.05) is 0 Å². The number of alkyl halides is 3. The van der Waals surface area contributed by atoms with Gasteiger partial charge in [0.2, 0.25) is 0 Å². The van der Waals surface area contributed by atoms with E-state index in [9.17, 15) is 23.3 Å². The van der Waals surface area contributed by atoms with Gasteiger partial charge in [-0.25, -0.2) is 4.98 Å². The Morgan fingerprint density at radius 3 is 2.52 bits per heavy atom. The van der Waals surface area contributed by atoms with Gasteiger partial charge in [-0.15, -0.1) is 0 Å². The normalized spacial score (nSPS) is 13.3. The molecule has 0 saturated carbocycles. The smallest absolute Gasteiger partial charge is 0.396 e. The van der Waals surface area contributed by atoms with Crippen molar-refractivity contribution < 1.29 is 23.2 Å². The highest BCUT2D eigenvalue weighted by molar-refractivity contribution is 5.61. The summed E-state index contributed by atoms with van der Waals surface area (Å²) >= 11 is 0. The Hall–Kier alpha value is -1.90. The number of hydrogen-bond donors (Lipinski definition) is 2. The van der Waals surface area contributed by atoms with Gasteiger partial charge in [-0.3, -0.25) is 10.1 Å². The van der Waals surface area contributed by atoms with Gasteiger partial charge in [0.15, 0.2) is 0 Å². The van der Waals surface area contributed by atoms with Gasteiger partial charge in [0.05, 0.1) is 4.92 Å². The fourth-order valence-corrected chi connectivity index (χ4v) is 1.78. The minimum atomic E-state index is -4.68. The van der Waals surface area contributed by atoms with Gasteiger partial charge in [-0.2, -0.15) is 13.2 Å². The monoisotopic (exact) mass is 307 g/mol. The Labute approximate surface area is 119 Å². The van der Waals surface area contributed by atoms with Crippen LogP contribution in [0, 0.1) is 16.0 Å². The zero-order valence-electron chi connectivity index (χ0n) is 11.5. The molecule has 118 valence electrons. The Morgan fingerprint density at radius 1 is 1.48 bits per heavy atom. The van der Waals surface area contributed by atoms with E-state index in [-0.39, 0.29) is 24.6 Å². The van der Waals surface area contributed by atoms with Crippen molar-refractivity contribution in [2.45, 2.75) is 32.5 Å². The van der Waals surface area contributed by atoms with Crippen LogP contribution in [0.3, 0.4) is 0 Å². The zero-order valence-corrected chi connectivity index (χ0v) is 11.5. The van der Waals surface area contributed by atoms with E-state index in [2.05, 4.69) is 10.3 Å². The molecule has 1 aromatic rings. The van der Waals surface area contributed by atoms with Gasteiger partial charge in [-0.1, -0.05) is 13.8 Å². The lowest BCUT2D eigenvalue weighted by atomic mass is 10.0. The molecule has 0 radical (unpaired) electrons. The van der Waals surface area contributed by atoms with Crippen LogP contribution in [-0.2, 0) is 6.18 Å². The summed E-state index contributed by atoms with van der Waals surface area (Å²) in [6, 6.07) is 0.224. The van der Waals surface area contributed by atoms with Crippen molar-refractivity contribution in [2.75, 3.05) is 11.9 Å². The van der Waals surface area contributed by atoms with Gasteiger partial charge < -0.3 is 10.4 Å². The average molecular weight is 307 g/mol. The van der Waals surface area contributed by atoms with E-state index in [0.717, 1.165) is 0 Å². The first-order valence-electron chi connectivity index (χ1n) is 6.25. The predicted octanol–water partition coefficient (Wildman–Crippen LogP) is 2.83. The second-order valence-electron chi connectivity index (χ2n) is 4.85. The Kier molecular flexibility index (Phi) is 5.47. The topological polar surface area (TPSA) is 88.3 Å². The molecule has 0 spiro atoms. The quantitative estimate of drug-likeness (QED) is 0.623. The third kappa shape index (κ3) is 4.55. The number of aromatic nitrogens is 1. The van der Waals surface area contributed by atoms with Crippen LogP contribution in [0.15, 0.2) is 12.3 Å². The highest BCUT2D eigenvalue weighted by Gasteiger charge is 2.34. The highest BCUT2D eigenvalue weighted by Crippen LogP contribution is 2.33. The first-order valence-corrected chi connectivity index (χ1v) is 6.25. The van der Waals surface area contributed by atoms with Crippen LogP contribution >= 0.6 is 0 Å². The van der Waals surface area contributed by atoms with Gasteiger partial charge in [0.1, 0.15) is 17.6 Å². The molecule has 1 rings (SSSR count). The number of hydrogen-bond acceptors (Lipinski definition) is 5. The van der Waals surface area contributed by atoms with Crippen molar-refractivity contribution in [1.82, 2.24) is 4.98 Å². The molecule has 1 unspecified atom stereocenters. The molecular formula is C12H16F3N3O3. The van der Waals surface area contributed by atoms with Crippen LogP contribution in [-0.4, -0.2) is 27.7 Å². The van der Waals surface area contributed by atoms with E-state index in [4.69, 9.17) is 5.11 Å². The SMILES string of the molecule is CC(C)C(CCO)Nc1cc(C(F)(F)F)ncc1[N+](=O)[O-]. The molecule has 0 saturated heterocycles. The van der Waals surface area contributed by atoms with E-state index in [0.29, 0.717) is 12.3 Å². The molecular weight excluding hydrogens is 291 g/mol. The van der Waals surface area contributed by atoms with Crippen molar-refractivity contribution in [3.05, 3.63) is 28.1 Å². The van der Waals surface area contributed by atoms with Crippen LogP contribution in [0.1, 0.15) is 26.0 Å². The fourth-order valence-electron chi connectivity index (χ4n) is 1.78. The van der Waals surface area contributed by atoms with Crippen molar-refractivity contribution in [3.63, 3.8) is 0 Å². The molecule has 21 heavy (non-hydrogen) atoms. The van der Waals surface area contributed by atoms with Crippen LogP contribution in [0.25, 0.3) is 0 Å². The van der Waals surface area contributed by atoms with E-state index < -0.39 is 28.5 Å². The third-order valence-corrected chi connectivity index (χ3v) is 2.96. The lowest BCUT2D eigenvalue weighted by molar-refractivity contribution is -0.384. The van der Waals surface area contributed by atoms with Gasteiger partial charge in [0.25, 0.3) is 0 Å². The standard InChI is InChI=1S/C12H16F3N3O3/c1-7(2)8(3-4-19)17-9-5-11(12(13,14)15)16-6-10(9)18(20)21/h5-8,19H,3-4H2,1-2H3,(H,16,17). The average Bonchev–Trinajstić information content (AvgIpc) is 2.36. The van der Waals surface area contributed by atoms with Crippen molar-refractivity contribution in [2.24, 2.45) is 5.92 Å². The molecule has 0 amide bonds. The maximum absolute atomic E-state index is 12.6. The summed E-state index contributed by atoms with van der Waals surface area (Å²) in [7, 11) is 0. The molecule has 6 nitrogen and oxygen atoms in total. The number of nitrogens with zero attached hydrogens (tertiary/aromatic N) is 2. The summed E-state index contributed by atoms with van der Waals surface area (Å²) in [6.07, 6.45) is -3.84. The first kappa shape index (κ1) is 17.2. The molecule has 1 aromatic heterocycles. The summed E-state index contributed by atoms with van der Waals surface area (Å²) in [5.74, 6) is -0.0285. The largest absolute Gasteiger partial charge is 0.433 e. The molecule has 9 heteroatoms. The number of aliphatic hydroxyl groups excluding tert-OH is 1. The third-order valence-electron chi connectivity index (χ3n) is 2.96. The molecule has 0 aliphatic rings. The molecule has 0 aliphatic heterocycles. The van der Waals surface area contributed by atoms with Crippen molar-refractivity contribution in [1.29, 1.82) is 0 Å². The fraction of sp³-hybridized carbons (Fsp3) is 0.583. The number of nitro groups is 1. The summed E-state index contributed by atoms with van der Waals surface area (Å²) in [4.78, 5) is 13.2. The molecule has 1 atom stereocenters. The molecule has 0 aliphatic carbocycles. The second kappa shape index (κ2) is 6.70. The summed E-state index contributed by atoms with van der Waals surface area (Å²) in [6.45, 7) is 3.41. The minimum absolute atomic E-state index is 0.0285. The maximum atomic E-state index is 12.6. The predicted molar refractivity (Wildman–Crippen MR) is 69.8 cm³/mol. The minimum Gasteiger partial charge on any atom is -0.396 e. The van der Waals surface area contributed by atoms with Gasteiger partial charge >= 0.3 is 11.9 Å². The number of pyridine rings is 1. The van der Waals surface area contributed by atoms with E-state index in [1.54, 1.807) is 13.8 Å². The summed E-state index contributed by atoms with van der Waals surface area (Å²) in [5.41, 5.74) is -2.00. The van der Waals surface area contributed by atoms with Gasteiger partial charge in [0, 0.05) is 12.6 Å². The van der Waals surface area contributed by atoms with Crippen LogP contribution < -0.4 is 5.32 Å². The molecule has 2 N–H and O–H groups in total. The van der Waals surface area contributed by atoms with Crippen molar-refractivity contribution >= 4 is 11.4 Å².